The Balaban J connectivity index is 2.17. The molecule has 0 saturated heterocycles. The summed E-state index contributed by atoms with van der Waals surface area (Å²) in [5.74, 6) is 0.810. The number of nitrogens with one attached hydrogen (secondary N) is 1. The number of aromatic nitrogens is 2. The molecule has 0 atom stereocenters. The van der Waals surface area contributed by atoms with Gasteiger partial charge in [0.15, 0.2) is 5.96 Å². The predicted molar refractivity (Wildman–Crippen MR) is 63.5 cm³/mol. The molecule has 0 fully saturated rings. The minimum atomic E-state index is 0.0673. The van der Waals surface area contributed by atoms with Gasteiger partial charge in [0.2, 0.25) is 0 Å². The minimum absolute atomic E-state index is 0.0673. The van der Waals surface area contributed by atoms with E-state index in [9.17, 15) is 0 Å². The third kappa shape index (κ3) is 2.38. The summed E-state index contributed by atoms with van der Waals surface area (Å²) in [4.78, 5) is 11.2. The smallest absolute Gasteiger partial charge is 0.186 e. The first kappa shape index (κ1) is 10.2. The van der Waals surface area contributed by atoms with Crippen LogP contribution in [0.4, 0.5) is 0 Å². The molecule has 5 heteroatoms. The van der Waals surface area contributed by atoms with Crippen LogP contribution < -0.4 is 11.5 Å². The van der Waals surface area contributed by atoms with Crippen LogP contribution in [0.2, 0.25) is 0 Å². The highest BCUT2D eigenvalue weighted by Gasteiger charge is 2.01. The lowest BCUT2D eigenvalue weighted by atomic mass is 10.2. The number of aliphatic imine (C=N–C) groups is 1. The number of hydrogen-bond acceptors (Lipinski definition) is 2. The largest absolute Gasteiger partial charge is 0.370 e. The van der Waals surface area contributed by atoms with Crippen molar-refractivity contribution in [3.63, 3.8) is 0 Å². The second kappa shape index (κ2) is 4.48. The van der Waals surface area contributed by atoms with Crippen LogP contribution in [0.5, 0.6) is 0 Å². The molecule has 5 nitrogen and oxygen atoms in total. The number of nitrogens with zero attached hydrogens (tertiary/aromatic N) is 2. The number of rotatable bonds is 3. The van der Waals surface area contributed by atoms with Crippen LogP contribution in [0.25, 0.3) is 11.3 Å². The van der Waals surface area contributed by atoms with Gasteiger partial charge in [-0.3, -0.25) is 0 Å². The van der Waals surface area contributed by atoms with E-state index in [4.69, 9.17) is 11.5 Å². The van der Waals surface area contributed by atoms with Crippen molar-refractivity contribution in [1.82, 2.24) is 9.97 Å². The van der Waals surface area contributed by atoms with Crippen molar-refractivity contribution in [2.45, 2.75) is 6.54 Å². The van der Waals surface area contributed by atoms with Crippen molar-refractivity contribution >= 4 is 5.96 Å². The highest BCUT2D eigenvalue weighted by atomic mass is 15.0. The molecule has 5 N–H and O–H groups in total. The topological polar surface area (TPSA) is 93.1 Å². The van der Waals surface area contributed by atoms with Crippen LogP contribution in [0.1, 0.15) is 5.82 Å². The van der Waals surface area contributed by atoms with Crippen LogP contribution in [0.3, 0.4) is 0 Å². The first-order chi connectivity index (χ1) is 7.75. The molecule has 2 aromatic rings. The third-order valence-electron chi connectivity index (χ3n) is 2.12. The van der Waals surface area contributed by atoms with Gasteiger partial charge in [-0.2, -0.15) is 0 Å². The van der Waals surface area contributed by atoms with Crippen LogP contribution in [0, 0.1) is 0 Å². The van der Waals surface area contributed by atoms with Crippen LogP contribution >= 0.6 is 0 Å². The van der Waals surface area contributed by atoms with E-state index in [1.807, 2.05) is 30.3 Å². The molecule has 0 aliphatic carbocycles. The van der Waals surface area contributed by atoms with E-state index in [1.54, 1.807) is 6.20 Å². The van der Waals surface area contributed by atoms with E-state index in [0.717, 1.165) is 17.1 Å². The number of imidazole rings is 1. The number of H-pyrrole nitrogens is 1. The van der Waals surface area contributed by atoms with E-state index in [-0.39, 0.29) is 5.96 Å². The summed E-state index contributed by atoms with van der Waals surface area (Å²) in [5.41, 5.74) is 12.5. The Labute approximate surface area is 93.2 Å². The van der Waals surface area contributed by atoms with E-state index < -0.39 is 0 Å². The molecular weight excluding hydrogens is 202 g/mol. The zero-order chi connectivity index (χ0) is 11.4. The molecule has 0 radical (unpaired) electrons. The lowest BCUT2D eigenvalue weighted by Crippen LogP contribution is -2.22. The summed E-state index contributed by atoms with van der Waals surface area (Å²) in [6.07, 6.45) is 1.77. The quantitative estimate of drug-likeness (QED) is 0.523. The zero-order valence-electron chi connectivity index (χ0n) is 8.72. The van der Waals surface area contributed by atoms with Gasteiger partial charge in [0, 0.05) is 0 Å². The van der Waals surface area contributed by atoms with E-state index >= 15 is 0 Å². The number of hydrogen-bond donors (Lipinski definition) is 3. The molecule has 0 saturated carbocycles. The first-order valence-corrected chi connectivity index (χ1v) is 4.90. The first-order valence-electron chi connectivity index (χ1n) is 4.90. The molecule has 0 bridgehead atoms. The average Bonchev–Trinajstić information content (AvgIpc) is 2.76. The molecule has 1 heterocycles. The second-order valence-corrected chi connectivity index (χ2v) is 3.35. The van der Waals surface area contributed by atoms with Gasteiger partial charge < -0.3 is 16.5 Å². The lowest BCUT2D eigenvalue weighted by Gasteiger charge is -1.95. The summed E-state index contributed by atoms with van der Waals surface area (Å²) in [6.45, 7) is 0.370. The predicted octanol–water partition coefficient (Wildman–Crippen LogP) is 0.850. The standard InChI is InChI=1S/C11H13N5/c12-11(13)15-7-10-14-6-9(16-10)8-4-2-1-3-5-8/h1-6H,7H2,(H,14,16)(H4,12,13,15). The SMILES string of the molecule is NC(N)=NCc1ncc(-c2ccccc2)[nH]1. The van der Waals surface area contributed by atoms with Crippen LogP contribution in [0.15, 0.2) is 41.5 Å². The summed E-state index contributed by atoms with van der Waals surface area (Å²) >= 11 is 0. The van der Waals surface area contributed by atoms with Crippen molar-refractivity contribution in [2.24, 2.45) is 16.5 Å². The van der Waals surface area contributed by atoms with Crippen molar-refractivity contribution in [3.8, 4) is 11.3 Å². The van der Waals surface area contributed by atoms with E-state index in [1.165, 1.54) is 0 Å². The fraction of sp³-hybridized carbons (Fsp3) is 0.0909. The van der Waals surface area contributed by atoms with Gasteiger partial charge in [-0.05, 0) is 5.56 Å². The molecular formula is C11H13N5. The van der Waals surface area contributed by atoms with Crippen molar-refractivity contribution in [3.05, 3.63) is 42.4 Å². The highest BCUT2D eigenvalue weighted by molar-refractivity contribution is 5.75. The molecule has 0 aliphatic heterocycles. The maximum Gasteiger partial charge on any atom is 0.186 e. The molecule has 0 spiro atoms. The van der Waals surface area contributed by atoms with Gasteiger partial charge in [0.1, 0.15) is 12.4 Å². The monoisotopic (exact) mass is 215 g/mol. The van der Waals surface area contributed by atoms with Crippen molar-refractivity contribution in [1.29, 1.82) is 0 Å². The Kier molecular flexibility index (Phi) is 2.86. The summed E-state index contributed by atoms with van der Waals surface area (Å²) in [7, 11) is 0. The van der Waals surface area contributed by atoms with Crippen molar-refractivity contribution in [2.75, 3.05) is 0 Å². The Morgan fingerprint density at radius 3 is 2.69 bits per heavy atom. The van der Waals surface area contributed by atoms with Gasteiger partial charge in [0.05, 0.1) is 11.9 Å². The van der Waals surface area contributed by atoms with Crippen LogP contribution in [-0.2, 0) is 6.54 Å². The molecule has 16 heavy (non-hydrogen) atoms. The molecule has 82 valence electrons. The Morgan fingerprint density at radius 2 is 2.00 bits per heavy atom. The fourth-order valence-corrected chi connectivity index (χ4v) is 1.37. The molecule has 0 amide bonds. The Morgan fingerprint density at radius 1 is 1.25 bits per heavy atom. The normalized spacial score (nSPS) is 10.0. The number of benzene rings is 1. The number of guanidine groups is 1. The summed E-state index contributed by atoms with van der Waals surface area (Å²) in [5, 5.41) is 0. The third-order valence-corrected chi connectivity index (χ3v) is 2.12. The van der Waals surface area contributed by atoms with Gasteiger partial charge in [0.25, 0.3) is 0 Å². The lowest BCUT2D eigenvalue weighted by molar-refractivity contribution is 0.944. The molecule has 2 rings (SSSR count). The van der Waals surface area contributed by atoms with Crippen LogP contribution in [-0.4, -0.2) is 15.9 Å². The highest BCUT2D eigenvalue weighted by Crippen LogP contribution is 2.16. The molecule has 1 aromatic heterocycles. The Bertz CT molecular complexity index is 482. The molecule has 0 unspecified atom stereocenters. The summed E-state index contributed by atoms with van der Waals surface area (Å²) < 4.78 is 0. The minimum Gasteiger partial charge on any atom is -0.370 e. The molecule has 0 aliphatic rings. The molecule has 1 aromatic carbocycles. The van der Waals surface area contributed by atoms with Gasteiger partial charge in [-0.15, -0.1) is 0 Å². The van der Waals surface area contributed by atoms with E-state index in [0.29, 0.717) is 6.54 Å². The average molecular weight is 215 g/mol. The number of aromatic amines is 1. The van der Waals surface area contributed by atoms with Gasteiger partial charge in [-0.1, -0.05) is 30.3 Å². The van der Waals surface area contributed by atoms with Gasteiger partial charge >= 0.3 is 0 Å². The Hall–Kier alpha value is -2.30. The van der Waals surface area contributed by atoms with Crippen molar-refractivity contribution < 1.29 is 0 Å². The van der Waals surface area contributed by atoms with Gasteiger partial charge in [-0.25, -0.2) is 9.98 Å². The maximum absolute atomic E-state index is 5.24. The summed E-state index contributed by atoms with van der Waals surface area (Å²) in [6, 6.07) is 9.95. The maximum atomic E-state index is 5.24. The van der Waals surface area contributed by atoms with E-state index in [2.05, 4.69) is 15.0 Å². The second-order valence-electron chi connectivity index (χ2n) is 3.35. The number of nitrogens with two attached hydrogens (primary N) is 2. The zero-order valence-corrected chi connectivity index (χ0v) is 8.72. The fourth-order valence-electron chi connectivity index (χ4n) is 1.37.